The lowest BCUT2D eigenvalue weighted by atomic mass is 9.87. The average molecular weight is 344 g/mol. The molecule has 0 fully saturated rings. The first-order valence-electron chi connectivity index (χ1n) is 8.37. The number of nitrogens with two attached hydrogens (primary N) is 1. The monoisotopic (exact) mass is 344 g/mol. The zero-order valence-electron chi connectivity index (χ0n) is 13.8. The Bertz CT molecular complexity index is 1220. The lowest BCUT2D eigenvalue weighted by Gasteiger charge is -2.28. The fraction of sp³-hybridized carbons (Fsp3) is 0.100. The van der Waals surface area contributed by atoms with E-state index in [1.807, 2.05) is 42.5 Å². The Labute approximate surface area is 148 Å². The Morgan fingerprint density at radius 2 is 2.12 bits per heavy atom. The van der Waals surface area contributed by atoms with Gasteiger partial charge in [-0.05, 0) is 35.7 Å². The maximum atomic E-state index is 12.1. The summed E-state index contributed by atoms with van der Waals surface area (Å²) in [5.41, 5.74) is 8.80. The highest BCUT2D eigenvalue weighted by atomic mass is 16.5. The number of fused-ring (bicyclic) bond motifs is 2. The molecule has 1 unspecified atom stereocenters. The van der Waals surface area contributed by atoms with Crippen LogP contribution in [0.25, 0.3) is 27.6 Å². The summed E-state index contributed by atoms with van der Waals surface area (Å²) in [5, 5.41) is 1.56. The van der Waals surface area contributed by atoms with E-state index in [1.54, 1.807) is 18.3 Å². The first-order valence-corrected chi connectivity index (χ1v) is 8.37. The Morgan fingerprint density at radius 3 is 3.00 bits per heavy atom. The van der Waals surface area contributed by atoms with Gasteiger partial charge in [-0.2, -0.15) is 4.74 Å². The number of pyridine rings is 1. The second kappa shape index (κ2) is 5.31. The quantitative estimate of drug-likeness (QED) is 0.584. The van der Waals surface area contributed by atoms with Crippen molar-refractivity contribution >= 4 is 27.6 Å². The highest BCUT2D eigenvalue weighted by Crippen LogP contribution is 2.34. The Balaban J connectivity index is 1.60. The van der Waals surface area contributed by atoms with Gasteiger partial charge in [0.15, 0.2) is 5.65 Å². The molecule has 0 bridgehead atoms. The molecule has 0 amide bonds. The normalized spacial score (nSPS) is 20.0. The third-order valence-electron chi connectivity index (χ3n) is 4.82. The summed E-state index contributed by atoms with van der Waals surface area (Å²) in [6.45, 7) is 0. The van der Waals surface area contributed by atoms with Crippen LogP contribution in [0.2, 0.25) is 0 Å². The van der Waals surface area contributed by atoms with Crippen molar-refractivity contribution in [3.8, 4) is 0 Å². The van der Waals surface area contributed by atoms with Crippen LogP contribution in [-0.4, -0.2) is 14.7 Å². The topological polar surface area (TPSA) is 89.8 Å². The van der Waals surface area contributed by atoms with Gasteiger partial charge in [-0.15, -0.1) is 0 Å². The number of nitrogens with one attached hydrogen (secondary N) is 1. The van der Waals surface area contributed by atoms with E-state index in [1.165, 1.54) is 4.74 Å². The van der Waals surface area contributed by atoms with Crippen LogP contribution < -0.4 is 11.4 Å². The van der Waals surface area contributed by atoms with Crippen molar-refractivity contribution in [2.24, 2.45) is 5.73 Å². The predicted octanol–water partition coefficient (Wildman–Crippen LogP) is 3.13. The number of allylic oxidation sites excluding steroid dienone is 2. The minimum Gasteiger partial charge on any atom is -0.357 e. The number of nitrogens with zero attached hydrogens (tertiary/aromatic N) is 2. The molecule has 1 aromatic carbocycles. The van der Waals surface area contributed by atoms with Crippen molar-refractivity contribution < 1.29 is 4.52 Å². The largest absolute Gasteiger partial charge is 0.367 e. The predicted molar refractivity (Wildman–Crippen MR) is 100 cm³/mol. The van der Waals surface area contributed by atoms with E-state index in [2.05, 4.69) is 16.0 Å². The lowest BCUT2D eigenvalue weighted by Crippen LogP contribution is -2.36. The number of hydrogen-bond donors (Lipinski definition) is 2. The van der Waals surface area contributed by atoms with Crippen LogP contribution in [0, 0.1) is 0 Å². The van der Waals surface area contributed by atoms with Crippen LogP contribution >= 0.6 is 0 Å². The molecular weight excluding hydrogens is 328 g/mol. The van der Waals surface area contributed by atoms with Crippen molar-refractivity contribution in [1.29, 1.82) is 0 Å². The third-order valence-corrected chi connectivity index (χ3v) is 4.82. The van der Waals surface area contributed by atoms with Crippen molar-refractivity contribution in [2.45, 2.75) is 12.0 Å². The summed E-state index contributed by atoms with van der Waals surface area (Å²) in [6.07, 6.45) is 7.85. The van der Waals surface area contributed by atoms with Crippen molar-refractivity contribution in [1.82, 2.24) is 14.7 Å². The smallest absolute Gasteiger partial charge is 0.357 e. The number of para-hydroxylation sites is 1. The van der Waals surface area contributed by atoms with E-state index in [0.717, 1.165) is 22.3 Å². The number of H-pyrrole nitrogens is 1. The fourth-order valence-corrected chi connectivity index (χ4v) is 3.49. The minimum atomic E-state index is -0.729. The fourth-order valence-electron chi connectivity index (χ4n) is 3.49. The molecular formula is C20H16N4O2. The van der Waals surface area contributed by atoms with Gasteiger partial charge in [-0.3, -0.25) is 0 Å². The van der Waals surface area contributed by atoms with Gasteiger partial charge in [0.25, 0.3) is 0 Å². The van der Waals surface area contributed by atoms with E-state index >= 15 is 0 Å². The summed E-state index contributed by atoms with van der Waals surface area (Å²) in [5.74, 6) is 0. The third kappa shape index (κ3) is 2.16. The molecule has 128 valence electrons. The first-order chi connectivity index (χ1) is 12.6. The molecule has 0 saturated heterocycles. The van der Waals surface area contributed by atoms with E-state index in [-0.39, 0.29) is 0 Å². The molecule has 3 heterocycles. The summed E-state index contributed by atoms with van der Waals surface area (Å²) in [6, 6.07) is 13.5. The van der Waals surface area contributed by atoms with Crippen LogP contribution in [0.3, 0.4) is 0 Å². The second-order valence-corrected chi connectivity index (χ2v) is 6.55. The molecule has 1 aliphatic rings. The van der Waals surface area contributed by atoms with E-state index < -0.39 is 11.2 Å². The van der Waals surface area contributed by atoms with Gasteiger partial charge in [-0.1, -0.05) is 30.4 Å². The molecule has 6 nitrogen and oxygen atoms in total. The van der Waals surface area contributed by atoms with Gasteiger partial charge in [0, 0.05) is 23.8 Å². The molecule has 0 saturated carbocycles. The second-order valence-electron chi connectivity index (χ2n) is 6.55. The van der Waals surface area contributed by atoms with Crippen LogP contribution in [0.1, 0.15) is 12.1 Å². The van der Waals surface area contributed by atoms with Gasteiger partial charge in [-0.25, -0.2) is 9.78 Å². The van der Waals surface area contributed by atoms with Crippen LogP contribution in [0.4, 0.5) is 0 Å². The van der Waals surface area contributed by atoms with Gasteiger partial charge >= 0.3 is 5.63 Å². The van der Waals surface area contributed by atoms with Crippen LogP contribution in [0.15, 0.2) is 76.2 Å². The van der Waals surface area contributed by atoms with Gasteiger partial charge in [0.2, 0.25) is 0 Å². The Morgan fingerprint density at radius 1 is 1.23 bits per heavy atom. The number of hydrogen-bond acceptors (Lipinski definition) is 4. The average Bonchev–Trinajstić information content (AvgIpc) is 3.24. The van der Waals surface area contributed by atoms with Crippen molar-refractivity contribution in [3.63, 3.8) is 0 Å². The zero-order valence-corrected chi connectivity index (χ0v) is 13.8. The summed E-state index contributed by atoms with van der Waals surface area (Å²) in [4.78, 5) is 19.8. The van der Waals surface area contributed by atoms with Crippen molar-refractivity contribution in [3.05, 3.63) is 83.0 Å². The summed E-state index contributed by atoms with van der Waals surface area (Å²) < 4.78 is 6.90. The van der Waals surface area contributed by atoms with Crippen LogP contribution in [0.5, 0.6) is 0 Å². The highest BCUT2D eigenvalue weighted by molar-refractivity contribution is 5.81. The van der Waals surface area contributed by atoms with Gasteiger partial charge < -0.3 is 15.2 Å². The van der Waals surface area contributed by atoms with Crippen molar-refractivity contribution in [2.75, 3.05) is 0 Å². The standard InChI is InChI=1S/C20H16N4O2/c21-20(17-11-13-5-1-2-8-16(13)23-17)9-3-6-14(12-20)24-18-15(19(25)26-24)7-4-10-22-18/h1-11,23H,12,21H2. The van der Waals surface area contributed by atoms with E-state index in [9.17, 15) is 4.79 Å². The van der Waals surface area contributed by atoms with Crippen LogP contribution in [-0.2, 0) is 5.54 Å². The van der Waals surface area contributed by atoms with E-state index in [0.29, 0.717) is 17.5 Å². The molecule has 3 aromatic heterocycles. The lowest BCUT2D eigenvalue weighted by molar-refractivity contribution is 0.327. The zero-order chi connectivity index (χ0) is 17.7. The number of benzene rings is 1. The maximum absolute atomic E-state index is 12.1. The number of rotatable bonds is 2. The first kappa shape index (κ1) is 14.9. The molecule has 0 radical (unpaired) electrons. The summed E-state index contributed by atoms with van der Waals surface area (Å²) in [7, 11) is 0. The molecule has 26 heavy (non-hydrogen) atoms. The molecule has 3 N–H and O–H groups in total. The highest BCUT2D eigenvalue weighted by Gasteiger charge is 2.31. The molecule has 6 heteroatoms. The molecule has 4 aromatic rings. The number of aromatic nitrogens is 3. The molecule has 0 aliphatic heterocycles. The maximum Gasteiger partial charge on any atom is 0.367 e. The molecule has 0 spiro atoms. The van der Waals surface area contributed by atoms with E-state index in [4.69, 9.17) is 10.3 Å². The summed E-state index contributed by atoms with van der Waals surface area (Å²) >= 11 is 0. The Hall–Kier alpha value is -3.38. The number of aromatic amines is 1. The minimum absolute atomic E-state index is 0.406. The SMILES string of the molecule is NC1(c2cc3ccccc3[nH]2)C=CC=C(n2oc(=O)c3cccnc32)C1. The molecule has 5 rings (SSSR count). The molecule has 1 atom stereocenters. The van der Waals surface area contributed by atoms with Gasteiger partial charge in [0.05, 0.1) is 11.2 Å². The Kier molecular flexibility index (Phi) is 3.05. The molecule has 1 aliphatic carbocycles. The van der Waals surface area contributed by atoms with Gasteiger partial charge in [0.1, 0.15) is 5.39 Å².